The van der Waals surface area contributed by atoms with Gasteiger partial charge in [0, 0.05) is 14.6 Å². The van der Waals surface area contributed by atoms with E-state index in [-0.39, 0.29) is 0 Å². The lowest BCUT2D eigenvalue weighted by Gasteiger charge is -2.07. The maximum Gasteiger partial charge on any atom is 0.125 e. The molecule has 1 heterocycles. The van der Waals surface area contributed by atoms with E-state index in [2.05, 4.69) is 37.2 Å². The molecule has 0 aliphatic heterocycles. The Labute approximate surface area is 111 Å². The number of nitrogens with one attached hydrogen (secondary N) is 1. The van der Waals surface area contributed by atoms with Crippen LogP contribution in [0.5, 0.6) is 0 Å². The Hall–Kier alpha value is -0.740. The number of rotatable bonds is 3. The van der Waals surface area contributed by atoms with E-state index in [1.807, 2.05) is 31.2 Å². The average Bonchev–Trinajstić information content (AvgIpc) is 2.63. The Balaban J connectivity index is 2.08. The molecule has 0 spiro atoms. The summed E-state index contributed by atoms with van der Waals surface area (Å²) in [7, 11) is 0. The zero-order chi connectivity index (χ0) is 11.5. The van der Waals surface area contributed by atoms with E-state index in [9.17, 15) is 0 Å². The summed E-state index contributed by atoms with van der Waals surface area (Å²) in [5, 5.41) is 3.32. The number of halogens is 2. The molecule has 1 N–H and O–H groups in total. The Kier molecular flexibility index (Phi) is 3.71. The summed E-state index contributed by atoms with van der Waals surface area (Å²) in [4.78, 5) is 0. The van der Waals surface area contributed by atoms with E-state index in [4.69, 9.17) is 4.42 Å². The molecule has 84 valence electrons. The SMILES string of the molecule is Cc1ccoc1CNc1ccc(Br)cc1Br. The van der Waals surface area contributed by atoms with Gasteiger partial charge in [-0.05, 0) is 52.7 Å². The van der Waals surface area contributed by atoms with Crippen LogP contribution in [-0.2, 0) is 6.54 Å². The van der Waals surface area contributed by atoms with Crippen molar-refractivity contribution in [3.63, 3.8) is 0 Å². The Bertz CT molecular complexity index is 494. The van der Waals surface area contributed by atoms with E-state index >= 15 is 0 Å². The highest BCUT2D eigenvalue weighted by atomic mass is 79.9. The minimum Gasteiger partial charge on any atom is -0.467 e. The van der Waals surface area contributed by atoms with E-state index in [0.717, 1.165) is 20.4 Å². The molecular formula is C12H11Br2NO. The number of aryl methyl sites for hydroxylation is 1. The summed E-state index contributed by atoms with van der Waals surface area (Å²) in [5.41, 5.74) is 2.22. The Morgan fingerprint density at radius 2 is 2.06 bits per heavy atom. The molecule has 1 aromatic carbocycles. The normalized spacial score (nSPS) is 10.4. The van der Waals surface area contributed by atoms with E-state index < -0.39 is 0 Å². The fraction of sp³-hybridized carbons (Fsp3) is 0.167. The predicted molar refractivity (Wildman–Crippen MR) is 72.6 cm³/mol. The van der Waals surface area contributed by atoms with Gasteiger partial charge < -0.3 is 9.73 Å². The first kappa shape index (κ1) is 11.7. The van der Waals surface area contributed by atoms with Gasteiger partial charge in [0.05, 0.1) is 12.8 Å². The highest BCUT2D eigenvalue weighted by molar-refractivity contribution is 9.11. The fourth-order valence-corrected chi connectivity index (χ4v) is 2.58. The van der Waals surface area contributed by atoms with Gasteiger partial charge in [-0.1, -0.05) is 15.9 Å². The summed E-state index contributed by atoms with van der Waals surface area (Å²) in [6.45, 7) is 2.73. The van der Waals surface area contributed by atoms with Crippen molar-refractivity contribution in [1.82, 2.24) is 0 Å². The van der Waals surface area contributed by atoms with Gasteiger partial charge in [-0.25, -0.2) is 0 Å². The Morgan fingerprint density at radius 3 is 2.69 bits per heavy atom. The van der Waals surface area contributed by atoms with Crippen molar-refractivity contribution >= 4 is 37.5 Å². The molecule has 0 unspecified atom stereocenters. The maximum absolute atomic E-state index is 5.36. The topological polar surface area (TPSA) is 25.2 Å². The first-order valence-corrected chi connectivity index (χ1v) is 6.47. The Morgan fingerprint density at radius 1 is 1.25 bits per heavy atom. The van der Waals surface area contributed by atoms with Crippen molar-refractivity contribution in [2.45, 2.75) is 13.5 Å². The van der Waals surface area contributed by atoms with Crippen LogP contribution in [0.4, 0.5) is 5.69 Å². The lowest BCUT2D eigenvalue weighted by Crippen LogP contribution is -2.00. The van der Waals surface area contributed by atoms with Crippen LogP contribution >= 0.6 is 31.9 Å². The quantitative estimate of drug-likeness (QED) is 0.871. The van der Waals surface area contributed by atoms with Gasteiger partial charge in [-0.2, -0.15) is 0 Å². The third-order valence-corrected chi connectivity index (χ3v) is 3.49. The number of hydrogen-bond donors (Lipinski definition) is 1. The molecule has 0 atom stereocenters. The molecule has 2 rings (SSSR count). The van der Waals surface area contributed by atoms with Crippen LogP contribution in [0.3, 0.4) is 0 Å². The number of anilines is 1. The van der Waals surface area contributed by atoms with Crippen LogP contribution in [0.15, 0.2) is 43.9 Å². The number of benzene rings is 1. The molecule has 16 heavy (non-hydrogen) atoms. The van der Waals surface area contributed by atoms with Gasteiger partial charge in [-0.3, -0.25) is 0 Å². The van der Waals surface area contributed by atoms with Crippen molar-refractivity contribution in [1.29, 1.82) is 0 Å². The smallest absolute Gasteiger partial charge is 0.125 e. The summed E-state index contributed by atoms with van der Waals surface area (Å²) in [6, 6.07) is 8.00. The van der Waals surface area contributed by atoms with E-state index in [1.165, 1.54) is 5.56 Å². The van der Waals surface area contributed by atoms with Crippen LogP contribution < -0.4 is 5.32 Å². The van der Waals surface area contributed by atoms with Crippen molar-refractivity contribution in [2.75, 3.05) is 5.32 Å². The molecular weight excluding hydrogens is 334 g/mol. The predicted octanol–water partition coefficient (Wildman–Crippen LogP) is 4.73. The minimum absolute atomic E-state index is 0.694. The van der Waals surface area contributed by atoms with Crippen molar-refractivity contribution < 1.29 is 4.42 Å². The highest BCUT2D eigenvalue weighted by Crippen LogP contribution is 2.26. The van der Waals surface area contributed by atoms with Gasteiger partial charge in [0.25, 0.3) is 0 Å². The third-order valence-electron chi connectivity index (χ3n) is 2.34. The molecule has 0 aliphatic carbocycles. The van der Waals surface area contributed by atoms with Crippen LogP contribution in [0.1, 0.15) is 11.3 Å². The molecule has 0 aliphatic rings. The molecule has 0 saturated carbocycles. The second-order valence-electron chi connectivity index (χ2n) is 3.50. The second-order valence-corrected chi connectivity index (χ2v) is 5.27. The molecule has 2 aromatic rings. The van der Waals surface area contributed by atoms with Gasteiger partial charge in [-0.15, -0.1) is 0 Å². The number of hydrogen-bond acceptors (Lipinski definition) is 2. The fourth-order valence-electron chi connectivity index (χ4n) is 1.39. The number of furan rings is 1. The van der Waals surface area contributed by atoms with Crippen LogP contribution in [0.2, 0.25) is 0 Å². The van der Waals surface area contributed by atoms with Crippen LogP contribution in [0.25, 0.3) is 0 Å². The maximum atomic E-state index is 5.36. The average molecular weight is 345 g/mol. The van der Waals surface area contributed by atoms with Crippen molar-refractivity contribution in [3.05, 3.63) is 50.8 Å². The largest absolute Gasteiger partial charge is 0.467 e. The van der Waals surface area contributed by atoms with Crippen LogP contribution in [-0.4, -0.2) is 0 Å². The minimum atomic E-state index is 0.694. The lowest BCUT2D eigenvalue weighted by molar-refractivity contribution is 0.515. The first-order chi connectivity index (χ1) is 7.66. The second kappa shape index (κ2) is 5.06. The van der Waals surface area contributed by atoms with Gasteiger partial charge in [0.2, 0.25) is 0 Å². The first-order valence-electron chi connectivity index (χ1n) is 4.88. The molecule has 0 radical (unpaired) electrons. The molecule has 1 aromatic heterocycles. The molecule has 0 bridgehead atoms. The van der Waals surface area contributed by atoms with E-state index in [0.29, 0.717) is 6.54 Å². The molecule has 2 nitrogen and oxygen atoms in total. The third kappa shape index (κ3) is 2.68. The molecule has 0 saturated heterocycles. The van der Waals surface area contributed by atoms with Crippen molar-refractivity contribution in [2.24, 2.45) is 0 Å². The standard InChI is InChI=1S/C12H11Br2NO/c1-8-4-5-16-12(8)7-15-11-3-2-9(13)6-10(11)14/h2-6,15H,7H2,1H3. The van der Waals surface area contributed by atoms with Gasteiger partial charge in [0.15, 0.2) is 0 Å². The van der Waals surface area contributed by atoms with Crippen LogP contribution in [0, 0.1) is 6.92 Å². The summed E-state index contributed by atoms with van der Waals surface area (Å²) < 4.78 is 7.45. The summed E-state index contributed by atoms with van der Waals surface area (Å²) in [5.74, 6) is 0.967. The monoisotopic (exact) mass is 343 g/mol. The summed E-state index contributed by atoms with van der Waals surface area (Å²) >= 11 is 6.93. The molecule has 0 amide bonds. The summed E-state index contributed by atoms with van der Waals surface area (Å²) in [6.07, 6.45) is 1.71. The molecule has 4 heteroatoms. The highest BCUT2D eigenvalue weighted by Gasteiger charge is 2.03. The van der Waals surface area contributed by atoms with Gasteiger partial charge >= 0.3 is 0 Å². The zero-order valence-corrected chi connectivity index (χ0v) is 11.9. The zero-order valence-electron chi connectivity index (χ0n) is 8.76. The lowest BCUT2D eigenvalue weighted by atomic mass is 10.2. The van der Waals surface area contributed by atoms with E-state index in [1.54, 1.807) is 6.26 Å². The molecule has 0 fully saturated rings. The van der Waals surface area contributed by atoms with Gasteiger partial charge in [0.1, 0.15) is 5.76 Å². The van der Waals surface area contributed by atoms with Crippen molar-refractivity contribution in [3.8, 4) is 0 Å².